The van der Waals surface area contributed by atoms with Gasteiger partial charge in [-0.05, 0) is 64.0 Å². The Kier molecular flexibility index (Phi) is 5.76. The zero-order valence-electron chi connectivity index (χ0n) is 13.4. The Morgan fingerprint density at radius 2 is 2.24 bits per heavy atom. The summed E-state index contributed by atoms with van der Waals surface area (Å²) >= 11 is 0. The third kappa shape index (κ3) is 4.29. The fourth-order valence-corrected chi connectivity index (χ4v) is 2.63. The lowest BCUT2D eigenvalue weighted by Gasteiger charge is -2.21. The van der Waals surface area contributed by atoms with E-state index in [0.29, 0.717) is 6.04 Å². The van der Waals surface area contributed by atoms with E-state index in [0.717, 1.165) is 44.6 Å². The van der Waals surface area contributed by atoms with Crippen LogP contribution in [0.25, 0.3) is 0 Å². The summed E-state index contributed by atoms with van der Waals surface area (Å²) < 4.78 is 0. The molecule has 2 rings (SSSR count). The number of amides is 1. The Morgan fingerprint density at radius 1 is 1.43 bits per heavy atom. The minimum atomic E-state index is 0.0703. The summed E-state index contributed by atoms with van der Waals surface area (Å²) in [5.41, 5.74) is 3.33. The molecule has 0 saturated heterocycles. The predicted octanol–water partition coefficient (Wildman–Crippen LogP) is 1.79. The molecule has 0 saturated carbocycles. The molecule has 2 N–H and O–H groups in total. The van der Waals surface area contributed by atoms with Gasteiger partial charge in [-0.1, -0.05) is 12.1 Å². The molecule has 4 nitrogen and oxygen atoms in total. The average molecular weight is 289 g/mol. The van der Waals surface area contributed by atoms with Crippen LogP contribution in [-0.2, 0) is 13.0 Å². The molecule has 21 heavy (non-hydrogen) atoms. The van der Waals surface area contributed by atoms with Crippen molar-refractivity contribution in [2.24, 2.45) is 0 Å². The normalized spacial score (nSPS) is 14.3. The highest BCUT2D eigenvalue weighted by atomic mass is 16.1. The third-order valence-corrected chi connectivity index (χ3v) is 4.24. The van der Waals surface area contributed by atoms with Gasteiger partial charge in [-0.25, -0.2) is 0 Å². The van der Waals surface area contributed by atoms with Crippen LogP contribution in [0, 0.1) is 0 Å². The van der Waals surface area contributed by atoms with Gasteiger partial charge in [-0.3, -0.25) is 4.79 Å². The number of benzene rings is 1. The van der Waals surface area contributed by atoms with E-state index in [9.17, 15) is 4.79 Å². The van der Waals surface area contributed by atoms with Gasteiger partial charge in [0.25, 0.3) is 5.91 Å². The van der Waals surface area contributed by atoms with Gasteiger partial charge in [-0.15, -0.1) is 0 Å². The van der Waals surface area contributed by atoms with Crippen LogP contribution in [0.3, 0.4) is 0 Å². The van der Waals surface area contributed by atoms with E-state index in [2.05, 4.69) is 42.5 Å². The van der Waals surface area contributed by atoms with Crippen LogP contribution in [0.4, 0.5) is 0 Å². The predicted molar refractivity (Wildman–Crippen MR) is 86.6 cm³/mol. The first-order valence-corrected chi connectivity index (χ1v) is 7.89. The fourth-order valence-electron chi connectivity index (χ4n) is 2.63. The molecule has 0 fully saturated rings. The van der Waals surface area contributed by atoms with Crippen molar-refractivity contribution in [3.63, 3.8) is 0 Å². The molecule has 1 aromatic carbocycles. The van der Waals surface area contributed by atoms with Crippen molar-refractivity contribution >= 4 is 5.91 Å². The van der Waals surface area contributed by atoms with Crippen LogP contribution in [-0.4, -0.2) is 43.5 Å². The fraction of sp³-hybridized carbons (Fsp3) is 0.588. The van der Waals surface area contributed by atoms with Gasteiger partial charge < -0.3 is 15.5 Å². The van der Waals surface area contributed by atoms with Crippen molar-refractivity contribution in [2.45, 2.75) is 39.3 Å². The highest BCUT2D eigenvalue weighted by molar-refractivity contribution is 5.96. The lowest BCUT2D eigenvalue weighted by Crippen LogP contribution is -2.32. The van der Waals surface area contributed by atoms with E-state index < -0.39 is 0 Å². The van der Waals surface area contributed by atoms with E-state index in [1.165, 1.54) is 11.1 Å². The molecule has 0 radical (unpaired) electrons. The standard InChI is InChI=1S/C17H27N3O/c1-13(2)20(3)11-5-9-19-17(21)16-7-4-6-14-12-18-10-8-15(14)16/h4,6-7,13,18H,5,8-12H2,1-3H3,(H,19,21). The summed E-state index contributed by atoms with van der Waals surface area (Å²) in [6, 6.07) is 6.58. The molecule has 1 amide bonds. The molecular formula is C17H27N3O. The van der Waals surface area contributed by atoms with Crippen molar-refractivity contribution < 1.29 is 4.79 Å². The maximum absolute atomic E-state index is 12.4. The largest absolute Gasteiger partial charge is 0.352 e. The number of hydrogen-bond acceptors (Lipinski definition) is 3. The molecule has 1 heterocycles. The molecule has 0 atom stereocenters. The van der Waals surface area contributed by atoms with Crippen molar-refractivity contribution in [2.75, 3.05) is 26.7 Å². The highest BCUT2D eigenvalue weighted by Gasteiger charge is 2.16. The molecule has 0 aromatic heterocycles. The van der Waals surface area contributed by atoms with E-state index in [1.807, 2.05) is 12.1 Å². The van der Waals surface area contributed by atoms with Crippen LogP contribution in [0.2, 0.25) is 0 Å². The molecule has 0 aliphatic carbocycles. The second-order valence-electron chi connectivity index (χ2n) is 6.05. The monoisotopic (exact) mass is 289 g/mol. The topological polar surface area (TPSA) is 44.4 Å². The molecular weight excluding hydrogens is 262 g/mol. The Balaban J connectivity index is 1.87. The Hall–Kier alpha value is -1.39. The van der Waals surface area contributed by atoms with Gasteiger partial charge in [-0.2, -0.15) is 0 Å². The molecule has 1 aliphatic rings. The van der Waals surface area contributed by atoms with Gasteiger partial charge in [0.1, 0.15) is 0 Å². The smallest absolute Gasteiger partial charge is 0.251 e. The summed E-state index contributed by atoms with van der Waals surface area (Å²) in [5.74, 6) is 0.0703. The molecule has 0 spiro atoms. The summed E-state index contributed by atoms with van der Waals surface area (Å²) in [4.78, 5) is 14.6. The molecule has 1 aliphatic heterocycles. The van der Waals surface area contributed by atoms with Crippen LogP contribution >= 0.6 is 0 Å². The van der Waals surface area contributed by atoms with Gasteiger partial charge in [0.15, 0.2) is 0 Å². The molecule has 0 bridgehead atoms. The van der Waals surface area contributed by atoms with E-state index in [4.69, 9.17) is 0 Å². The molecule has 0 unspecified atom stereocenters. The van der Waals surface area contributed by atoms with Gasteiger partial charge in [0, 0.05) is 24.7 Å². The number of carbonyl (C=O) groups excluding carboxylic acids is 1. The molecule has 4 heteroatoms. The first-order valence-electron chi connectivity index (χ1n) is 7.89. The van der Waals surface area contributed by atoms with Crippen molar-refractivity contribution in [1.29, 1.82) is 0 Å². The third-order valence-electron chi connectivity index (χ3n) is 4.24. The second kappa shape index (κ2) is 7.57. The zero-order chi connectivity index (χ0) is 15.2. The minimum absolute atomic E-state index is 0.0703. The number of nitrogens with zero attached hydrogens (tertiary/aromatic N) is 1. The first kappa shape index (κ1) is 16.0. The maximum atomic E-state index is 12.4. The Morgan fingerprint density at radius 3 is 3.00 bits per heavy atom. The van der Waals surface area contributed by atoms with Crippen LogP contribution in [0.15, 0.2) is 18.2 Å². The Labute approximate surface area is 127 Å². The summed E-state index contributed by atoms with van der Waals surface area (Å²) in [6.07, 6.45) is 1.92. The van der Waals surface area contributed by atoms with Crippen molar-refractivity contribution in [3.8, 4) is 0 Å². The van der Waals surface area contributed by atoms with E-state index in [-0.39, 0.29) is 5.91 Å². The Bertz CT molecular complexity index is 485. The average Bonchev–Trinajstić information content (AvgIpc) is 2.50. The number of hydrogen-bond donors (Lipinski definition) is 2. The van der Waals surface area contributed by atoms with Crippen molar-refractivity contribution in [1.82, 2.24) is 15.5 Å². The lowest BCUT2D eigenvalue weighted by molar-refractivity contribution is 0.0950. The number of rotatable bonds is 6. The van der Waals surface area contributed by atoms with E-state index in [1.54, 1.807) is 0 Å². The number of fused-ring (bicyclic) bond motifs is 1. The summed E-state index contributed by atoms with van der Waals surface area (Å²) in [5, 5.41) is 6.40. The summed E-state index contributed by atoms with van der Waals surface area (Å²) in [6.45, 7) is 7.93. The minimum Gasteiger partial charge on any atom is -0.352 e. The van der Waals surface area contributed by atoms with Crippen LogP contribution in [0.5, 0.6) is 0 Å². The maximum Gasteiger partial charge on any atom is 0.251 e. The van der Waals surface area contributed by atoms with Crippen LogP contribution < -0.4 is 10.6 Å². The van der Waals surface area contributed by atoms with Gasteiger partial charge >= 0.3 is 0 Å². The second-order valence-corrected chi connectivity index (χ2v) is 6.05. The SMILES string of the molecule is CC(C)N(C)CCCNC(=O)c1cccc2c1CCNC2. The first-order chi connectivity index (χ1) is 10.1. The lowest BCUT2D eigenvalue weighted by atomic mass is 9.95. The number of nitrogens with one attached hydrogen (secondary N) is 2. The zero-order valence-corrected chi connectivity index (χ0v) is 13.4. The van der Waals surface area contributed by atoms with Crippen molar-refractivity contribution in [3.05, 3.63) is 34.9 Å². The quantitative estimate of drug-likeness (QED) is 0.785. The molecule has 1 aromatic rings. The van der Waals surface area contributed by atoms with Gasteiger partial charge in [0.05, 0.1) is 0 Å². The molecule has 116 valence electrons. The number of carbonyl (C=O) groups is 1. The van der Waals surface area contributed by atoms with Gasteiger partial charge in [0.2, 0.25) is 0 Å². The van der Waals surface area contributed by atoms with E-state index >= 15 is 0 Å². The highest BCUT2D eigenvalue weighted by Crippen LogP contribution is 2.18. The summed E-state index contributed by atoms with van der Waals surface area (Å²) in [7, 11) is 2.12. The van der Waals surface area contributed by atoms with Crippen LogP contribution in [0.1, 0.15) is 41.8 Å².